The molecule has 0 saturated heterocycles. The molecule has 14 heavy (non-hydrogen) atoms. The number of carbonyl (C=O) groups excluding carboxylic acids is 1. The third-order valence-corrected chi connectivity index (χ3v) is 2.41. The lowest BCUT2D eigenvalue weighted by atomic mass is 9.98. The van der Waals surface area contributed by atoms with Gasteiger partial charge in [-0.3, -0.25) is 0 Å². The zero-order valence-electron chi connectivity index (χ0n) is 9.03. The Bertz CT molecular complexity index is 307. The lowest BCUT2D eigenvalue weighted by Gasteiger charge is -2.15. The fraction of sp³-hybridized carbons (Fsp3) is 0.417. The maximum atomic E-state index is 10.4. The number of hydrogen-bond donors (Lipinski definition) is 0. The lowest BCUT2D eigenvalue weighted by molar-refractivity contribution is -0.108. The van der Waals surface area contributed by atoms with E-state index in [-0.39, 0.29) is 0 Å². The molecular formula is C12H17NO. The van der Waals surface area contributed by atoms with Gasteiger partial charge in [0, 0.05) is 26.2 Å². The molecule has 2 heteroatoms. The van der Waals surface area contributed by atoms with Crippen molar-refractivity contribution in [2.24, 2.45) is 0 Å². The Balaban J connectivity index is 2.87. The zero-order chi connectivity index (χ0) is 10.6. The third kappa shape index (κ3) is 2.59. The van der Waals surface area contributed by atoms with Crippen LogP contribution >= 0.6 is 0 Å². The van der Waals surface area contributed by atoms with Crippen LogP contribution < -0.4 is 4.90 Å². The maximum Gasteiger partial charge on any atom is 0.120 e. The summed E-state index contributed by atoms with van der Waals surface area (Å²) in [4.78, 5) is 12.5. The number of rotatable bonds is 4. The number of aldehydes is 1. The molecule has 0 amide bonds. The second-order valence-electron chi connectivity index (χ2n) is 3.79. The van der Waals surface area contributed by atoms with Gasteiger partial charge in [-0.25, -0.2) is 0 Å². The van der Waals surface area contributed by atoms with Gasteiger partial charge in [0.2, 0.25) is 0 Å². The predicted octanol–water partition coefficient (Wildman–Crippen LogP) is 2.45. The Hall–Kier alpha value is -1.31. The molecule has 0 bridgehead atoms. The van der Waals surface area contributed by atoms with E-state index in [1.165, 1.54) is 11.3 Å². The van der Waals surface area contributed by atoms with Gasteiger partial charge in [0.05, 0.1) is 0 Å². The average molecular weight is 191 g/mol. The molecule has 1 atom stereocenters. The van der Waals surface area contributed by atoms with E-state index in [0.717, 1.165) is 6.29 Å². The van der Waals surface area contributed by atoms with Crippen LogP contribution in [0, 0.1) is 0 Å². The Labute approximate surface area is 85.5 Å². The second-order valence-corrected chi connectivity index (χ2v) is 3.79. The van der Waals surface area contributed by atoms with Crippen LogP contribution in [0.5, 0.6) is 0 Å². The van der Waals surface area contributed by atoms with Gasteiger partial charge in [0.1, 0.15) is 6.29 Å². The Morgan fingerprint density at radius 2 is 2.14 bits per heavy atom. The van der Waals surface area contributed by atoms with Crippen molar-refractivity contribution < 1.29 is 4.79 Å². The minimum atomic E-state index is 0.312. The summed E-state index contributed by atoms with van der Waals surface area (Å²) in [5, 5.41) is 0. The van der Waals surface area contributed by atoms with Crippen molar-refractivity contribution in [3.63, 3.8) is 0 Å². The number of anilines is 1. The minimum Gasteiger partial charge on any atom is -0.378 e. The van der Waals surface area contributed by atoms with Crippen molar-refractivity contribution in [3.05, 3.63) is 29.8 Å². The molecule has 76 valence electrons. The molecule has 0 radical (unpaired) electrons. The van der Waals surface area contributed by atoms with Crippen molar-refractivity contribution in [1.29, 1.82) is 0 Å². The number of nitrogens with zero attached hydrogens (tertiary/aromatic N) is 1. The van der Waals surface area contributed by atoms with Crippen LogP contribution in [0.1, 0.15) is 24.8 Å². The molecule has 1 aromatic carbocycles. The summed E-state index contributed by atoms with van der Waals surface area (Å²) >= 11 is 0. The molecular weight excluding hydrogens is 174 g/mol. The molecule has 1 unspecified atom stereocenters. The topological polar surface area (TPSA) is 20.3 Å². The van der Waals surface area contributed by atoms with Crippen molar-refractivity contribution >= 4 is 12.0 Å². The van der Waals surface area contributed by atoms with Crippen molar-refractivity contribution in [3.8, 4) is 0 Å². The number of benzene rings is 1. The number of hydrogen-bond acceptors (Lipinski definition) is 2. The first-order chi connectivity index (χ1) is 6.65. The first kappa shape index (κ1) is 10.8. The summed E-state index contributed by atoms with van der Waals surface area (Å²) in [6.07, 6.45) is 1.57. The monoisotopic (exact) mass is 191 g/mol. The first-order valence-electron chi connectivity index (χ1n) is 4.86. The first-order valence-corrected chi connectivity index (χ1v) is 4.86. The second kappa shape index (κ2) is 4.80. The van der Waals surface area contributed by atoms with Gasteiger partial charge in [-0.1, -0.05) is 19.1 Å². The quantitative estimate of drug-likeness (QED) is 0.681. The van der Waals surface area contributed by atoms with Crippen LogP contribution in [0.3, 0.4) is 0 Å². The van der Waals surface area contributed by atoms with Crippen molar-refractivity contribution in [1.82, 2.24) is 0 Å². The summed E-state index contributed by atoms with van der Waals surface area (Å²) in [5.41, 5.74) is 2.41. The summed E-state index contributed by atoms with van der Waals surface area (Å²) < 4.78 is 0. The highest BCUT2D eigenvalue weighted by atomic mass is 16.1. The molecule has 0 aliphatic rings. The van der Waals surface area contributed by atoms with Gasteiger partial charge in [-0.2, -0.15) is 0 Å². The van der Waals surface area contributed by atoms with Crippen LogP contribution in [-0.2, 0) is 4.79 Å². The Morgan fingerprint density at radius 1 is 1.43 bits per heavy atom. The molecule has 0 heterocycles. The van der Waals surface area contributed by atoms with E-state index < -0.39 is 0 Å². The fourth-order valence-corrected chi connectivity index (χ4v) is 1.39. The van der Waals surface area contributed by atoms with E-state index >= 15 is 0 Å². The Kier molecular flexibility index (Phi) is 3.69. The molecule has 2 nitrogen and oxygen atoms in total. The standard InChI is InChI=1S/C12H17NO/c1-10(7-8-14)11-5-4-6-12(9-11)13(2)3/h4-6,8-10H,7H2,1-3H3. The van der Waals surface area contributed by atoms with Gasteiger partial charge in [-0.15, -0.1) is 0 Å². The van der Waals surface area contributed by atoms with E-state index in [4.69, 9.17) is 0 Å². The van der Waals surface area contributed by atoms with E-state index in [1.54, 1.807) is 0 Å². The van der Waals surface area contributed by atoms with Crippen molar-refractivity contribution in [2.45, 2.75) is 19.3 Å². The van der Waals surface area contributed by atoms with Crippen LogP contribution in [0.2, 0.25) is 0 Å². The molecule has 0 spiro atoms. The predicted molar refractivity (Wildman–Crippen MR) is 59.9 cm³/mol. The van der Waals surface area contributed by atoms with Crippen LogP contribution in [0.25, 0.3) is 0 Å². The molecule has 0 aliphatic carbocycles. The van der Waals surface area contributed by atoms with Gasteiger partial charge in [0.25, 0.3) is 0 Å². The average Bonchev–Trinajstić information content (AvgIpc) is 2.18. The highest BCUT2D eigenvalue weighted by Gasteiger charge is 2.05. The normalized spacial score (nSPS) is 12.2. The van der Waals surface area contributed by atoms with E-state index in [0.29, 0.717) is 12.3 Å². The third-order valence-electron chi connectivity index (χ3n) is 2.41. The van der Waals surface area contributed by atoms with Crippen LogP contribution in [-0.4, -0.2) is 20.4 Å². The molecule has 1 rings (SSSR count). The zero-order valence-corrected chi connectivity index (χ0v) is 9.03. The Morgan fingerprint density at radius 3 is 2.71 bits per heavy atom. The lowest BCUT2D eigenvalue weighted by Crippen LogP contribution is -2.09. The molecule has 0 aromatic heterocycles. The largest absolute Gasteiger partial charge is 0.378 e. The summed E-state index contributed by atoms with van der Waals surface area (Å²) in [6, 6.07) is 8.30. The molecule has 0 aliphatic heterocycles. The molecule has 0 N–H and O–H groups in total. The van der Waals surface area contributed by atoms with Gasteiger partial charge < -0.3 is 9.69 Å². The summed E-state index contributed by atoms with van der Waals surface area (Å²) in [5.74, 6) is 0.312. The fourth-order valence-electron chi connectivity index (χ4n) is 1.39. The summed E-state index contributed by atoms with van der Waals surface area (Å²) in [7, 11) is 4.03. The molecule has 1 aromatic rings. The van der Waals surface area contributed by atoms with Gasteiger partial charge in [0.15, 0.2) is 0 Å². The molecule has 0 fully saturated rings. The van der Waals surface area contributed by atoms with Crippen LogP contribution in [0.15, 0.2) is 24.3 Å². The van der Waals surface area contributed by atoms with Crippen LogP contribution in [0.4, 0.5) is 5.69 Å². The van der Waals surface area contributed by atoms with Gasteiger partial charge in [-0.05, 0) is 23.6 Å². The van der Waals surface area contributed by atoms with E-state index in [2.05, 4.69) is 30.0 Å². The van der Waals surface area contributed by atoms with Crippen molar-refractivity contribution in [2.75, 3.05) is 19.0 Å². The highest BCUT2D eigenvalue weighted by molar-refractivity contribution is 5.53. The van der Waals surface area contributed by atoms with E-state index in [9.17, 15) is 4.79 Å². The van der Waals surface area contributed by atoms with E-state index in [1.807, 2.05) is 20.2 Å². The SMILES string of the molecule is CC(CC=O)c1cccc(N(C)C)c1. The summed E-state index contributed by atoms with van der Waals surface area (Å²) in [6.45, 7) is 2.07. The number of carbonyl (C=O) groups is 1. The smallest absolute Gasteiger partial charge is 0.120 e. The maximum absolute atomic E-state index is 10.4. The van der Waals surface area contributed by atoms with Gasteiger partial charge >= 0.3 is 0 Å². The minimum absolute atomic E-state index is 0.312. The highest BCUT2D eigenvalue weighted by Crippen LogP contribution is 2.22. The molecule has 0 saturated carbocycles.